The molecule has 2 N–H and O–H groups in total. The van der Waals surface area contributed by atoms with Gasteiger partial charge >= 0.3 is 0 Å². The van der Waals surface area contributed by atoms with Crippen LogP contribution in [0.25, 0.3) is 10.8 Å². The zero-order valence-electron chi connectivity index (χ0n) is 20.0. The first-order valence-corrected chi connectivity index (χ1v) is 13.0. The average Bonchev–Trinajstić information content (AvgIpc) is 3.21. The lowest BCUT2D eigenvalue weighted by molar-refractivity contribution is -0.113. The molecule has 186 valence electrons. The first-order chi connectivity index (χ1) is 17.2. The number of anilines is 1. The van der Waals surface area contributed by atoms with Crippen molar-refractivity contribution in [3.63, 3.8) is 0 Å². The number of carbonyl (C=O) groups excluding carboxylic acids is 2. The Kier molecular flexibility index (Phi) is 8.18. The average molecular weight is 542 g/mol. The molecule has 0 aliphatic rings. The van der Waals surface area contributed by atoms with Gasteiger partial charge < -0.3 is 15.2 Å². The molecule has 0 fully saturated rings. The molecule has 4 aromatic rings. The van der Waals surface area contributed by atoms with Crippen LogP contribution in [-0.4, -0.2) is 32.3 Å². The van der Waals surface area contributed by atoms with Gasteiger partial charge in [-0.15, -0.1) is 10.2 Å². The molecule has 1 heterocycles. The number of nitrogens with one attached hydrogen (secondary N) is 2. The summed E-state index contributed by atoms with van der Waals surface area (Å²) in [7, 11) is 1.82. The number of fused-ring (bicyclic) bond motifs is 1. The number of aromatic nitrogens is 3. The van der Waals surface area contributed by atoms with E-state index >= 15 is 0 Å². The van der Waals surface area contributed by atoms with Crippen molar-refractivity contribution in [2.24, 2.45) is 13.0 Å². The minimum Gasteiger partial charge on any atom is -0.342 e. The highest BCUT2D eigenvalue weighted by Crippen LogP contribution is 2.27. The molecule has 0 spiro atoms. The molecule has 10 heteroatoms. The fourth-order valence-electron chi connectivity index (χ4n) is 3.80. The van der Waals surface area contributed by atoms with E-state index in [1.54, 1.807) is 16.7 Å². The van der Waals surface area contributed by atoms with Crippen LogP contribution < -0.4 is 10.6 Å². The predicted molar refractivity (Wildman–Crippen MR) is 146 cm³/mol. The monoisotopic (exact) mass is 541 g/mol. The largest absolute Gasteiger partial charge is 0.342 e. The molecule has 1 atom stereocenters. The van der Waals surface area contributed by atoms with Gasteiger partial charge in [0.05, 0.1) is 22.4 Å². The summed E-state index contributed by atoms with van der Waals surface area (Å²) < 4.78 is 1.80. The Morgan fingerprint density at radius 3 is 2.53 bits per heavy atom. The third-order valence-electron chi connectivity index (χ3n) is 5.67. The zero-order chi connectivity index (χ0) is 25.8. The summed E-state index contributed by atoms with van der Waals surface area (Å²) in [5.41, 5.74) is 1.09. The highest BCUT2D eigenvalue weighted by molar-refractivity contribution is 7.99. The van der Waals surface area contributed by atoms with Gasteiger partial charge in [-0.05, 0) is 35.6 Å². The minimum atomic E-state index is -0.416. The van der Waals surface area contributed by atoms with Gasteiger partial charge in [-0.2, -0.15) is 0 Å². The summed E-state index contributed by atoms with van der Waals surface area (Å²) in [6, 6.07) is 18.0. The lowest BCUT2D eigenvalue weighted by Gasteiger charge is -2.22. The quantitative estimate of drug-likeness (QED) is 0.262. The van der Waals surface area contributed by atoms with E-state index in [1.807, 2.05) is 63.4 Å². The summed E-state index contributed by atoms with van der Waals surface area (Å²) in [5.74, 6) is 0.290. The Bertz CT molecular complexity index is 1420. The van der Waals surface area contributed by atoms with Crippen molar-refractivity contribution in [2.75, 3.05) is 11.1 Å². The molecule has 1 aromatic heterocycles. The standard InChI is InChI=1S/C26H25Cl2N5O2S/c1-15(2)23(30-25(35)19-12-11-17(27)13-20(19)28)24-31-32-26(33(24)3)36-14-22(34)29-21-10-6-8-16-7-4-5-9-18(16)21/h4-13,15,23H,14H2,1-3H3,(H,29,34)(H,30,35)/t23-/m1/s1. The number of rotatable bonds is 8. The van der Waals surface area contributed by atoms with Crippen molar-refractivity contribution in [1.29, 1.82) is 0 Å². The van der Waals surface area contributed by atoms with E-state index < -0.39 is 6.04 Å². The van der Waals surface area contributed by atoms with Crippen molar-refractivity contribution in [2.45, 2.75) is 25.0 Å². The SMILES string of the molecule is CC(C)[C@@H](NC(=O)c1ccc(Cl)cc1Cl)c1nnc(SCC(=O)Nc2cccc3ccccc23)n1C. The predicted octanol–water partition coefficient (Wildman–Crippen LogP) is 6.13. The Morgan fingerprint density at radius 2 is 1.78 bits per heavy atom. The highest BCUT2D eigenvalue weighted by Gasteiger charge is 2.26. The van der Waals surface area contributed by atoms with E-state index in [4.69, 9.17) is 23.2 Å². The lowest BCUT2D eigenvalue weighted by Crippen LogP contribution is -2.33. The molecule has 0 bridgehead atoms. The second-order valence-electron chi connectivity index (χ2n) is 8.58. The maximum absolute atomic E-state index is 12.9. The summed E-state index contributed by atoms with van der Waals surface area (Å²) in [6.45, 7) is 3.96. The molecule has 2 amide bonds. The summed E-state index contributed by atoms with van der Waals surface area (Å²) in [5, 5.41) is 17.9. The number of hydrogen-bond donors (Lipinski definition) is 2. The highest BCUT2D eigenvalue weighted by atomic mass is 35.5. The Hall–Kier alpha value is -3.07. The Balaban J connectivity index is 1.44. The third kappa shape index (κ3) is 5.83. The van der Waals surface area contributed by atoms with Gasteiger partial charge in [0.2, 0.25) is 5.91 Å². The smallest absolute Gasteiger partial charge is 0.253 e. The molecule has 0 unspecified atom stereocenters. The number of hydrogen-bond acceptors (Lipinski definition) is 5. The molecule has 4 rings (SSSR count). The van der Waals surface area contributed by atoms with E-state index in [0.717, 1.165) is 16.5 Å². The van der Waals surface area contributed by atoms with Gasteiger partial charge in [-0.1, -0.05) is 85.2 Å². The van der Waals surface area contributed by atoms with Gasteiger partial charge in [0.1, 0.15) is 0 Å². The van der Waals surface area contributed by atoms with Crippen molar-refractivity contribution in [3.05, 3.63) is 82.1 Å². The molecule has 3 aromatic carbocycles. The van der Waals surface area contributed by atoms with Gasteiger partial charge in [0.25, 0.3) is 5.91 Å². The minimum absolute atomic E-state index is 0.0236. The van der Waals surface area contributed by atoms with Crippen molar-refractivity contribution in [1.82, 2.24) is 20.1 Å². The number of nitrogens with zero attached hydrogens (tertiary/aromatic N) is 3. The molecule has 0 saturated carbocycles. The van der Waals surface area contributed by atoms with Crippen molar-refractivity contribution in [3.8, 4) is 0 Å². The molecule has 7 nitrogen and oxygen atoms in total. The zero-order valence-corrected chi connectivity index (χ0v) is 22.3. The van der Waals surface area contributed by atoms with E-state index in [2.05, 4.69) is 20.8 Å². The third-order valence-corrected chi connectivity index (χ3v) is 7.24. The number of carbonyl (C=O) groups is 2. The summed E-state index contributed by atoms with van der Waals surface area (Å²) >= 11 is 13.4. The maximum atomic E-state index is 12.9. The Morgan fingerprint density at radius 1 is 1.03 bits per heavy atom. The van der Waals surface area contributed by atoms with Crippen LogP contribution >= 0.6 is 35.0 Å². The summed E-state index contributed by atoms with van der Waals surface area (Å²) in [6.07, 6.45) is 0. The molecule has 0 aliphatic carbocycles. The van der Waals surface area contributed by atoms with E-state index in [0.29, 0.717) is 21.6 Å². The Labute approximate surface area is 223 Å². The van der Waals surface area contributed by atoms with E-state index in [-0.39, 0.29) is 28.5 Å². The van der Waals surface area contributed by atoms with Crippen LogP contribution in [0, 0.1) is 5.92 Å². The topological polar surface area (TPSA) is 88.9 Å². The summed E-state index contributed by atoms with van der Waals surface area (Å²) in [4.78, 5) is 25.6. The first kappa shape index (κ1) is 26.0. The van der Waals surface area contributed by atoms with Gasteiger partial charge in [-0.3, -0.25) is 9.59 Å². The lowest BCUT2D eigenvalue weighted by atomic mass is 10.0. The van der Waals surface area contributed by atoms with Crippen molar-refractivity contribution >= 4 is 63.2 Å². The van der Waals surface area contributed by atoms with Crippen LogP contribution in [0.4, 0.5) is 5.69 Å². The number of halogens is 2. The van der Waals surface area contributed by atoms with E-state index in [9.17, 15) is 9.59 Å². The fraction of sp³-hybridized carbons (Fsp3) is 0.231. The number of amides is 2. The second kappa shape index (κ2) is 11.3. The van der Waals surface area contributed by atoms with Crippen molar-refractivity contribution < 1.29 is 9.59 Å². The molecular weight excluding hydrogens is 517 g/mol. The van der Waals surface area contributed by atoms with Crippen LogP contribution in [0.2, 0.25) is 10.0 Å². The van der Waals surface area contributed by atoms with Crippen LogP contribution in [0.5, 0.6) is 0 Å². The maximum Gasteiger partial charge on any atom is 0.253 e. The normalized spacial score (nSPS) is 12.1. The molecule has 36 heavy (non-hydrogen) atoms. The molecule has 0 aliphatic heterocycles. The second-order valence-corrected chi connectivity index (χ2v) is 10.4. The number of benzene rings is 3. The van der Waals surface area contributed by atoms with Crippen LogP contribution in [0.15, 0.2) is 65.8 Å². The number of thioether (sulfide) groups is 1. The first-order valence-electron chi connectivity index (χ1n) is 11.3. The van der Waals surface area contributed by atoms with Gasteiger partial charge in [0, 0.05) is 23.1 Å². The van der Waals surface area contributed by atoms with Crippen LogP contribution in [0.3, 0.4) is 0 Å². The van der Waals surface area contributed by atoms with Gasteiger partial charge in [0.15, 0.2) is 11.0 Å². The van der Waals surface area contributed by atoms with Gasteiger partial charge in [-0.25, -0.2) is 0 Å². The molecule has 0 saturated heterocycles. The molecular formula is C26H25Cl2N5O2S. The van der Waals surface area contributed by atoms with E-state index in [1.165, 1.54) is 17.8 Å². The van der Waals surface area contributed by atoms with Crippen LogP contribution in [0.1, 0.15) is 36.1 Å². The van der Waals surface area contributed by atoms with Crippen LogP contribution in [-0.2, 0) is 11.8 Å². The fourth-order valence-corrected chi connectivity index (χ4v) is 5.01. The molecule has 0 radical (unpaired) electrons.